The molecule has 0 bridgehead atoms. The van der Waals surface area contributed by atoms with Gasteiger partial charge in [0.25, 0.3) is 5.91 Å². The van der Waals surface area contributed by atoms with Gasteiger partial charge in [0.2, 0.25) is 0 Å². The highest BCUT2D eigenvalue weighted by molar-refractivity contribution is 14.1. The number of benzene rings is 2. The summed E-state index contributed by atoms with van der Waals surface area (Å²) in [6.07, 6.45) is 0. The van der Waals surface area contributed by atoms with Crippen molar-refractivity contribution in [3.8, 4) is 11.5 Å². The van der Waals surface area contributed by atoms with Crippen molar-refractivity contribution < 1.29 is 14.3 Å². The van der Waals surface area contributed by atoms with E-state index in [0.29, 0.717) is 17.1 Å². The van der Waals surface area contributed by atoms with Gasteiger partial charge < -0.3 is 14.8 Å². The van der Waals surface area contributed by atoms with E-state index >= 15 is 0 Å². The van der Waals surface area contributed by atoms with Gasteiger partial charge in [0.1, 0.15) is 17.1 Å². The first kappa shape index (κ1) is 18.5. The van der Waals surface area contributed by atoms with Crippen LogP contribution in [-0.4, -0.2) is 25.2 Å². The highest BCUT2D eigenvalue weighted by Gasteiger charge is 2.19. The average Bonchev–Trinajstić information content (AvgIpc) is 2.56. The van der Waals surface area contributed by atoms with Crippen LogP contribution in [-0.2, 0) is 0 Å². The lowest BCUT2D eigenvalue weighted by Crippen LogP contribution is -2.34. The number of thiocarbonyl (C=S) groups is 1. The van der Waals surface area contributed by atoms with Crippen molar-refractivity contribution >= 4 is 51.5 Å². The van der Waals surface area contributed by atoms with Gasteiger partial charge in [0, 0.05) is 9.26 Å². The topological polar surface area (TPSA) is 59.6 Å². The van der Waals surface area contributed by atoms with Crippen molar-refractivity contribution in [2.45, 2.75) is 6.92 Å². The van der Waals surface area contributed by atoms with E-state index in [4.69, 9.17) is 21.7 Å². The molecule has 1 amide bonds. The van der Waals surface area contributed by atoms with Gasteiger partial charge in [-0.1, -0.05) is 6.07 Å². The maximum atomic E-state index is 12.5. The second-order valence-corrected chi connectivity index (χ2v) is 6.56. The lowest BCUT2D eigenvalue weighted by Gasteiger charge is -2.15. The van der Waals surface area contributed by atoms with E-state index in [1.54, 1.807) is 18.2 Å². The van der Waals surface area contributed by atoms with E-state index in [1.807, 2.05) is 25.1 Å². The van der Waals surface area contributed by atoms with E-state index in [0.717, 1.165) is 14.8 Å². The number of nitrogens with one attached hydrogen (secondary N) is 2. The van der Waals surface area contributed by atoms with Crippen molar-refractivity contribution in [3.05, 3.63) is 51.1 Å². The van der Waals surface area contributed by atoms with Crippen LogP contribution in [0.3, 0.4) is 0 Å². The van der Waals surface area contributed by atoms with Gasteiger partial charge in [-0.3, -0.25) is 10.1 Å². The number of halogens is 1. The number of rotatable bonds is 4. The van der Waals surface area contributed by atoms with Gasteiger partial charge >= 0.3 is 0 Å². The van der Waals surface area contributed by atoms with E-state index in [9.17, 15) is 4.79 Å². The van der Waals surface area contributed by atoms with Crippen LogP contribution < -0.4 is 20.1 Å². The van der Waals surface area contributed by atoms with Gasteiger partial charge in [-0.05, 0) is 77.6 Å². The number of hydrogen-bond acceptors (Lipinski definition) is 4. The molecular weight excluding hydrogens is 439 g/mol. The van der Waals surface area contributed by atoms with Crippen molar-refractivity contribution in [1.82, 2.24) is 5.32 Å². The van der Waals surface area contributed by atoms with E-state index < -0.39 is 5.91 Å². The molecule has 0 saturated carbocycles. The minimum Gasteiger partial charge on any atom is -0.496 e. The van der Waals surface area contributed by atoms with Crippen LogP contribution in [0.15, 0.2) is 36.4 Å². The number of ether oxygens (including phenoxy) is 2. The Hall–Kier alpha value is -1.87. The summed E-state index contributed by atoms with van der Waals surface area (Å²) in [5, 5.41) is 5.89. The molecular formula is C17H17IN2O3S. The van der Waals surface area contributed by atoms with Crippen molar-refractivity contribution in [2.24, 2.45) is 0 Å². The third-order valence-electron chi connectivity index (χ3n) is 3.32. The first-order valence-corrected chi connectivity index (χ1v) is 8.54. The van der Waals surface area contributed by atoms with Gasteiger partial charge in [0.05, 0.1) is 14.2 Å². The monoisotopic (exact) mass is 456 g/mol. The summed E-state index contributed by atoms with van der Waals surface area (Å²) in [7, 11) is 2.99. The van der Waals surface area contributed by atoms with E-state index in [1.165, 1.54) is 14.2 Å². The van der Waals surface area contributed by atoms with E-state index in [2.05, 4.69) is 33.2 Å². The molecule has 0 aromatic heterocycles. The van der Waals surface area contributed by atoms with Crippen LogP contribution in [0.4, 0.5) is 5.69 Å². The summed E-state index contributed by atoms with van der Waals surface area (Å²) in [5.41, 5.74) is 2.17. The van der Waals surface area contributed by atoms with Crippen LogP contribution >= 0.6 is 34.8 Å². The Morgan fingerprint density at radius 1 is 1.12 bits per heavy atom. The fourth-order valence-electron chi connectivity index (χ4n) is 2.16. The predicted molar refractivity (Wildman–Crippen MR) is 107 cm³/mol. The zero-order valence-corrected chi connectivity index (χ0v) is 16.4. The third kappa shape index (κ3) is 4.35. The fraction of sp³-hybridized carbons (Fsp3) is 0.176. The standard InChI is InChI=1S/C17H17IN2O3S/c1-10-9-11(18)7-8-12(10)19-17(24)20-16(21)15-13(22-2)5-4-6-14(15)23-3/h4-9H,1-3H3,(H2,19,20,21,24). The molecule has 0 atom stereocenters. The summed E-state index contributed by atoms with van der Waals surface area (Å²) in [4.78, 5) is 12.5. The van der Waals surface area contributed by atoms with Crippen molar-refractivity contribution in [2.75, 3.05) is 19.5 Å². The van der Waals surface area contributed by atoms with Gasteiger partial charge in [0.15, 0.2) is 5.11 Å². The molecule has 0 aliphatic carbocycles. The second-order valence-electron chi connectivity index (χ2n) is 4.91. The van der Waals surface area contributed by atoms with Crippen LogP contribution in [0.5, 0.6) is 11.5 Å². The molecule has 0 unspecified atom stereocenters. The summed E-state index contributed by atoms with van der Waals surface area (Å²) in [5.74, 6) is 0.435. The fourth-order valence-corrected chi connectivity index (χ4v) is 3.01. The minimum atomic E-state index is -0.398. The first-order chi connectivity index (χ1) is 11.5. The molecule has 0 fully saturated rings. The number of methoxy groups -OCH3 is 2. The summed E-state index contributed by atoms with van der Waals surface area (Å²) < 4.78 is 11.6. The Morgan fingerprint density at radius 3 is 2.29 bits per heavy atom. The summed E-state index contributed by atoms with van der Waals surface area (Å²) in [6, 6.07) is 11.0. The lowest BCUT2D eigenvalue weighted by atomic mass is 10.1. The highest BCUT2D eigenvalue weighted by atomic mass is 127. The number of carbonyl (C=O) groups excluding carboxylic acids is 1. The van der Waals surface area contributed by atoms with Crippen LogP contribution in [0.1, 0.15) is 15.9 Å². The molecule has 0 saturated heterocycles. The maximum Gasteiger partial charge on any atom is 0.264 e. The smallest absolute Gasteiger partial charge is 0.264 e. The van der Waals surface area contributed by atoms with Gasteiger partial charge in [-0.15, -0.1) is 0 Å². The molecule has 2 N–H and O–H groups in total. The SMILES string of the molecule is COc1cccc(OC)c1C(=O)NC(=S)Nc1ccc(I)cc1C. The number of aryl methyl sites for hydroxylation is 1. The molecule has 24 heavy (non-hydrogen) atoms. The Morgan fingerprint density at radius 2 is 1.75 bits per heavy atom. The number of hydrogen-bond donors (Lipinski definition) is 2. The largest absolute Gasteiger partial charge is 0.496 e. The number of amides is 1. The molecule has 0 aliphatic rings. The van der Waals surface area contributed by atoms with Crippen molar-refractivity contribution in [1.29, 1.82) is 0 Å². The Bertz CT molecular complexity index is 758. The quantitative estimate of drug-likeness (QED) is 0.543. The summed E-state index contributed by atoms with van der Waals surface area (Å²) >= 11 is 7.48. The molecule has 0 spiro atoms. The second kappa shape index (κ2) is 8.29. The van der Waals surface area contributed by atoms with Crippen LogP contribution in [0.25, 0.3) is 0 Å². The van der Waals surface area contributed by atoms with E-state index in [-0.39, 0.29) is 5.11 Å². The summed E-state index contributed by atoms with van der Waals surface area (Å²) in [6.45, 7) is 1.97. The Kier molecular flexibility index (Phi) is 6.38. The number of carbonyl (C=O) groups is 1. The predicted octanol–water partition coefficient (Wildman–Crippen LogP) is 3.74. The number of anilines is 1. The van der Waals surface area contributed by atoms with Crippen LogP contribution in [0, 0.1) is 10.5 Å². The molecule has 0 radical (unpaired) electrons. The Labute approximate surface area is 159 Å². The molecule has 2 aromatic carbocycles. The average molecular weight is 456 g/mol. The molecule has 5 nitrogen and oxygen atoms in total. The molecule has 126 valence electrons. The molecule has 0 aliphatic heterocycles. The zero-order valence-electron chi connectivity index (χ0n) is 13.5. The minimum absolute atomic E-state index is 0.206. The zero-order chi connectivity index (χ0) is 17.7. The molecule has 7 heteroatoms. The lowest BCUT2D eigenvalue weighted by molar-refractivity contribution is 0.0971. The van der Waals surface area contributed by atoms with Crippen LogP contribution in [0.2, 0.25) is 0 Å². The molecule has 2 rings (SSSR count). The third-order valence-corrected chi connectivity index (χ3v) is 4.19. The first-order valence-electron chi connectivity index (χ1n) is 7.05. The van der Waals surface area contributed by atoms with Gasteiger partial charge in [-0.2, -0.15) is 0 Å². The normalized spacial score (nSPS) is 10.0. The molecule has 0 heterocycles. The van der Waals surface area contributed by atoms with Gasteiger partial charge in [-0.25, -0.2) is 0 Å². The Balaban J connectivity index is 2.16. The van der Waals surface area contributed by atoms with Crippen molar-refractivity contribution in [3.63, 3.8) is 0 Å². The highest BCUT2D eigenvalue weighted by Crippen LogP contribution is 2.28. The maximum absolute atomic E-state index is 12.5. The molecule has 2 aromatic rings.